The van der Waals surface area contributed by atoms with Gasteiger partial charge in [-0.05, 0) is 35.2 Å². The number of aromatic amines is 1. The normalized spacial score (nSPS) is 10.9. The second-order valence-electron chi connectivity index (χ2n) is 5.43. The first-order valence-corrected chi connectivity index (χ1v) is 8.78. The lowest BCUT2D eigenvalue weighted by Gasteiger charge is -2.03. The minimum atomic E-state index is -0.458. The van der Waals surface area contributed by atoms with Crippen molar-refractivity contribution in [1.29, 1.82) is 0 Å². The molecule has 0 saturated carbocycles. The average Bonchev–Trinajstić information content (AvgIpc) is 3.31. The third kappa shape index (κ3) is 4.42. The van der Waals surface area contributed by atoms with Gasteiger partial charge in [0.1, 0.15) is 5.69 Å². The zero-order valence-corrected chi connectivity index (χ0v) is 14.5. The van der Waals surface area contributed by atoms with Gasteiger partial charge in [-0.3, -0.25) is 14.9 Å². The van der Waals surface area contributed by atoms with Crippen LogP contribution in [-0.4, -0.2) is 27.3 Å². The number of nitrogens with zero attached hydrogens (tertiary/aromatic N) is 2. The molecule has 2 heterocycles. The molecule has 7 nitrogen and oxygen atoms in total. The predicted molar refractivity (Wildman–Crippen MR) is 101 cm³/mol. The SMILES string of the molecule is O=C(/C=C/c1ccc([N+](=O)[O-])cc1)NCCc1[nH]cnc1-c1cccs1. The van der Waals surface area contributed by atoms with Gasteiger partial charge in [-0.1, -0.05) is 6.07 Å². The Bertz CT molecular complexity index is 914. The summed E-state index contributed by atoms with van der Waals surface area (Å²) in [6, 6.07) is 9.99. The molecule has 3 aromatic rings. The van der Waals surface area contributed by atoms with Gasteiger partial charge in [0.25, 0.3) is 5.69 Å². The highest BCUT2D eigenvalue weighted by atomic mass is 32.1. The van der Waals surface area contributed by atoms with Crippen LogP contribution in [0.3, 0.4) is 0 Å². The summed E-state index contributed by atoms with van der Waals surface area (Å²) in [5.74, 6) is -0.222. The van der Waals surface area contributed by atoms with Gasteiger partial charge in [0.05, 0.1) is 16.1 Å². The molecule has 0 unspecified atom stereocenters. The Kier molecular flexibility index (Phi) is 5.55. The molecule has 2 N–H and O–H groups in total. The molecule has 3 rings (SSSR count). The van der Waals surface area contributed by atoms with Crippen LogP contribution in [0, 0.1) is 10.1 Å². The summed E-state index contributed by atoms with van der Waals surface area (Å²) in [5, 5.41) is 15.4. The van der Waals surface area contributed by atoms with E-state index in [1.54, 1.807) is 35.9 Å². The minimum Gasteiger partial charge on any atom is -0.352 e. The van der Waals surface area contributed by atoms with E-state index in [0.717, 1.165) is 21.8 Å². The molecule has 8 heteroatoms. The van der Waals surface area contributed by atoms with Crippen LogP contribution in [-0.2, 0) is 11.2 Å². The molecule has 0 atom stereocenters. The highest BCUT2D eigenvalue weighted by Gasteiger charge is 2.09. The quantitative estimate of drug-likeness (QED) is 0.379. The molecule has 2 aromatic heterocycles. The van der Waals surface area contributed by atoms with Gasteiger partial charge in [0.15, 0.2) is 0 Å². The molecule has 0 aliphatic carbocycles. The van der Waals surface area contributed by atoms with E-state index in [1.165, 1.54) is 18.2 Å². The number of carbonyl (C=O) groups excluding carboxylic acids is 1. The number of hydrogen-bond donors (Lipinski definition) is 2. The lowest BCUT2D eigenvalue weighted by atomic mass is 10.2. The van der Waals surface area contributed by atoms with Crippen LogP contribution in [0.2, 0.25) is 0 Å². The van der Waals surface area contributed by atoms with Crippen molar-refractivity contribution in [3.8, 4) is 10.6 Å². The van der Waals surface area contributed by atoms with Gasteiger partial charge in [-0.15, -0.1) is 11.3 Å². The number of benzene rings is 1. The summed E-state index contributed by atoms with van der Waals surface area (Å²) in [5.41, 5.74) is 2.63. The highest BCUT2D eigenvalue weighted by molar-refractivity contribution is 7.13. The van der Waals surface area contributed by atoms with Crippen LogP contribution in [0.1, 0.15) is 11.3 Å². The third-order valence-electron chi connectivity index (χ3n) is 3.68. The van der Waals surface area contributed by atoms with Gasteiger partial charge in [-0.2, -0.15) is 0 Å². The van der Waals surface area contributed by atoms with Crippen molar-refractivity contribution in [2.24, 2.45) is 0 Å². The fourth-order valence-electron chi connectivity index (χ4n) is 2.39. The van der Waals surface area contributed by atoms with E-state index in [4.69, 9.17) is 0 Å². The summed E-state index contributed by atoms with van der Waals surface area (Å²) in [7, 11) is 0. The maximum absolute atomic E-state index is 11.9. The lowest BCUT2D eigenvalue weighted by molar-refractivity contribution is -0.384. The summed E-state index contributed by atoms with van der Waals surface area (Å²) >= 11 is 1.62. The Hall–Kier alpha value is -3.26. The molecular formula is C18H16N4O3S. The molecule has 0 saturated heterocycles. The maximum atomic E-state index is 11.9. The van der Waals surface area contributed by atoms with Gasteiger partial charge < -0.3 is 10.3 Å². The Morgan fingerprint density at radius 3 is 2.81 bits per heavy atom. The number of carbonyl (C=O) groups is 1. The molecule has 0 aliphatic heterocycles. The lowest BCUT2D eigenvalue weighted by Crippen LogP contribution is -2.23. The molecule has 132 valence electrons. The van der Waals surface area contributed by atoms with Crippen LogP contribution in [0.15, 0.2) is 54.2 Å². The minimum absolute atomic E-state index is 0.0210. The fraction of sp³-hybridized carbons (Fsp3) is 0.111. The Morgan fingerprint density at radius 2 is 2.12 bits per heavy atom. The number of non-ortho nitro benzene ring substituents is 1. The molecule has 26 heavy (non-hydrogen) atoms. The number of amides is 1. The molecule has 0 spiro atoms. The van der Waals surface area contributed by atoms with E-state index in [1.807, 2.05) is 17.5 Å². The van der Waals surface area contributed by atoms with Crippen molar-refractivity contribution in [3.63, 3.8) is 0 Å². The Balaban J connectivity index is 1.50. The Morgan fingerprint density at radius 1 is 1.31 bits per heavy atom. The van der Waals surface area contributed by atoms with Gasteiger partial charge in [0.2, 0.25) is 5.91 Å². The molecule has 0 radical (unpaired) electrons. The number of imidazole rings is 1. The van der Waals surface area contributed by atoms with Gasteiger partial charge >= 0.3 is 0 Å². The van der Waals surface area contributed by atoms with E-state index in [2.05, 4.69) is 15.3 Å². The number of nitrogens with one attached hydrogen (secondary N) is 2. The van der Waals surface area contributed by atoms with E-state index in [0.29, 0.717) is 13.0 Å². The topological polar surface area (TPSA) is 101 Å². The van der Waals surface area contributed by atoms with Gasteiger partial charge in [-0.25, -0.2) is 4.98 Å². The standard InChI is InChI=1S/C18H16N4O3S/c23-17(8-5-13-3-6-14(7-4-13)22(24)25)19-10-9-15-18(21-12-20-15)16-2-1-11-26-16/h1-8,11-12H,9-10H2,(H,19,23)(H,20,21)/b8-5+. The molecule has 1 amide bonds. The number of aromatic nitrogens is 2. The molecule has 0 fully saturated rings. The number of hydrogen-bond acceptors (Lipinski definition) is 5. The average molecular weight is 368 g/mol. The molecule has 1 aromatic carbocycles. The smallest absolute Gasteiger partial charge is 0.269 e. The number of thiophene rings is 1. The second kappa shape index (κ2) is 8.21. The van der Waals surface area contributed by atoms with Crippen LogP contribution >= 0.6 is 11.3 Å². The maximum Gasteiger partial charge on any atom is 0.269 e. The number of nitro benzene ring substituents is 1. The van der Waals surface area contributed by atoms with Crippen molar-refractivity contribution in [1.82, 2.24) is 15.3 Å². The first-order valence-electron chi connectivity index (χ1n) is 7.90. The van der Waals surface area contributed by atoms with E-state index in [-0.39, 0.29) is 11.6 Å². The van der Waals surface area contributed by atoms with E-state index in [9.17, 15) is 14.9 Å². The van der Waals surface area contributed by atoms with Crippen molar-refractivity contribution in [3.05, 3.63) is 75.6 Å². The van der Waals surface area contributed by atoms with E-state index < -0.39 is 4.92 Å². The van der Waals surface area contributed by atoms with Crippen LogP contribution in [0.4, 0.5) is 5.69 Å². The monoisotopic (exact) mass is 368 g/mol. The largest absolute Gasteiger partial charge is 0.352 e. The first-order chi connectivity index (χ1) is 12.6. The predicted octanol–water partition coefficient (Wildman–Crippen LogP) is 3.42. The first kappa shape index (κ1) is 17.6. The summed E-state index contributed by atoms with van der Waals surface area (Å²) in [6.45, 7) is 0.476. The fourth-order valence-corrected chi connectivity index (χ4v) is 3.13. The molecular weight excluding hydrogens is 352 g/mol. The zero-order chi connectivity index (χ0) is 18.4. The number of nitro groups is 1. The summed E-state index contributed by atoms with van der Waals surface area (Å²) in [4.78, 5) is 30.6. The van der Waals surface area contributed by atoms with Crippen molar-refractivity contribution in [2.45, 2.75) is 6.42 Å². The van der Waals surface area contributed by atoms with Crippen LogP contribution in [0.5, 0.6) is 0 Å². The van der Waals surface area contributed by atoms with Gasteiger partial charge in [0, 0.05) is 36.9 Å². The Labute approximate surface area is 153 Å². The van der Waals surface area contributed by atoms with Crippen LogP contribution in [0.25, 0.3) is 16.6 Å². The number of H-pyrrole nitrogens is 1. The third-order valence-corrected chi connectivity index (χ3v) is 4.55. The van der Waals surface area contributed by atoms with Crippen molar-refractivity contribution in [2.75, 3.05) is 6.54 Å². The van der Waals surface area contributed by atoms with Crippen molar-refractivity contribution < 1.29 is 9.72 Å². The second-order valence-corrected chi connectivity index (χ2v) is 6.38. The number of rotatable bonds is 7. The van der Waals surface area contributed by atoms with Crippen molar-refractivity contribution >= 4 is 29.0 Å². The summed E-state index contributed by atoms with van der Waals surface area (Å²) in [6.07, 6.45) is 5.33. The molecule has 0 aliphatic rings. The summed E-state index contributed by atoms with van der Waals surface area (Å²) < 4.78 is 0. The highest BCUT2D eigenvalue weighted by Crippen LogP contribution is 2.25. The van der Waals surface area contributed by atoms with Crippen LogP contribution < -0.4 is 5.32 Å². The zero-order valence-electron chi connectivity index (χ0n) is 13.7. The molecule has 0 bridgehead atoms. The van der Waals surface area contributed by atoms with E-state index >= 15 is 0 Å².